The SMILES string of the molecule is Cc1cc(C=C(C#N)C(=O)NC(N)=O)c(C)n1-c1cccc2ccccc12. The molecule has 0 aliphatic carbocycles. The molecule has 0 saturated heterocycles. The third-order valence-corrected chi connectivity index (χ3v) is 4.38. The highest BCUT2D eigenvalue weighted by atomic mass is 16.2. The summed E-state index contributed by atoms with van der Waals surface area (Å²) in [5.74, 6) is -0.819. The number of fused-ring (bicyclic) bond motifs is 1. The van der Waals surface area contributed by atoms with Crippen LogP contribution in [0.4, 0.5) is 4.79 Å². The first-order chi connectivity index (χ1) is 12.9. The maximum absolute atomic E-state index is 11.9. The molecule has 3 aromatic rings. The first-order valence-corrected chi connectivity index (χ1v) is 8.32. The van der Waals surface area contributed by atoms with Crippen molar-refractivity contribution in [1.29, 1.82) is 5.26 Å². The molecule has 3 rings (SSSR count). The number of hydrogen-bond donors (Lipinski definition) is 2. The van der Waals surface area contributed by atoms with Gasteiger partial charge in [-0.15, -0.1) is 0 Å². The molecule has 0 bridgehead atoms. The number of nitrogens with two attached hydrogens (primary N) is 1. The monoisotopic (exact) mass is 358 g/mol. The summed E-state index contributed by atoms with van der Waals surface area (Å²) >= 11 is 0. The number of nitrogens with one attached hydrogen (secondary N) is 1. The molecular formula is C21H18N4O2. The number of benzene rings is 2. The Kier molecular flexibility index (Phi) is 4.77. The Morgan fingerprint density at radius 2 is 1.85 bits per heavy atom. The summed E-state index contributed by atoms with van der Waals surface area (Å²) in [5.41, 5.74) is 8.34. The van der Waals surface area contributed by atoms with Crippen LogP contribution in [-0.4, -0.2) is 16.5 Å². The van der Waals surface area contributed by atoms with Gasteiger partial charge in [0.25, 0.3) is 5.91 Å². The summed E-state index contributed by atoms with van der Waals surface area (Å²) in [4.78, 5) is 22.8. The number of hydrogen-bond acceptors (Lipinski definition) is 3. The summed E-state index contributed by atoms with van der Waals surface area (Å²) in [6.45, 7) is 3.88. The van der Waals surface area contributed by atoms with Crippen LogP contribution in [0, 0.1) is 25.2 Å². The Bertz CT molecular complexity index is 1130. The zero-order valence-corrected chi connectivity index (χ0v) is 15.0. The lowest BCUT2D eigenvalue weighted by Gasteiger charge is -2.13. The van der Waals surface area contributed by atoms with E-state index in [9.17, 15) is 14.9 Å². The number of primary amides is 1. The third-order valence-electron chi connectivity index (χ3n) is 4.38. The Hall–Kier alpha value is -3.85. The molecule has 0 spiro atoms. The van der Waals surface area contributed by atoms with Crippen LogP contribution in [0.5, 0.6) is 0 Å². The van der Waals surface area contributed by atoms with Gasteiger partial charge in [0.05, 0.1) is 5.69 Å². The number of aromatic nitrogens is 1. The van der Waals surface area contributed by atoms with Gasteiger partial charge in [-0.2, -0.15) is 5.26 Å². The number of rotatable bonds is 3. The fourth-order valence-electron chi connectivity index (χ4n) is 3.19. The van der Waals surface area contributed by atoms with Crippen molar-refractivity contribution >= 4 is 28.8 Å². The van der Waals surface area contributed by atoms with Gasteiger partial charge in [0, 0.05) is 16.8 Å². The lowest BCUT2D eigenvalue weighted by molar-refractivity contribution is -0.115. The van der Waals surface area contributed by atoms with Crippen molar-refractivity contribution in [3.63, 3.8) is 0 Å². The molecule has 27 heavy (non-hydrogen) atoms. The van der Waals surface area contributed by atoms with Crippen LogP contribution in [0.2, 0.25) is 0 Å². The van der Waals surface area contributed by atoms with Crippen molar-refractivity contribution in [1.82, 2.24) is 9.88 Å². The van der Waals surface area contributed by atoms with Crippen molar-refractivity contribution in [3.8, 4) is 11.8 Å². The number of nitriles is 1. The van der Waals surface area contributed by atoms with E-state index in [2.05, 4.69) is 22.8 Å². The van der Waals surface area contributed by atoms with Gasteiger partial charge in [-0.25, -0.2) is 4.79 Å². The van der Waals surface area contributed by atoms with E-state index in [1.807, 2.05) is 55.6 Å². The Morgan fingerprint density at radius 1 is 1.15 bits per heavy atom. The second kappa shape index (κ2) is 7.18. The molecule has 0 unspecified atom stereocenters. The van der Waals surface area contributed by atoms with Crippen LogP contribution in [0.25, 0.3) is 22.5 Å². The van der Waals surface area contributed by atoms with Crippen molar-refractivity contribution in [2.24, 2.45) is 5.73 Å². The number of nitrogens with zero attached hydrogens (tertiary/aromatic N) is 2. The highest BCUT2D eigenvalue weighted by Crippen LogP contribution is 2.28. The zero-order valence-electron chi connectivity index (χ0n) is 15.0. The molecular weight excluding hydrogens is 340 g/mol. The Morgan fingerprint density at radius 3 is 2.56 bits per heavy atom. The van der Waals surface area contributed by atoms with E-state index >= 15 is 0 Å². The van der Waals surface area contributed by atoms with Crippen LogP contribution >= 0.6 is 0 Å². The second-order valence-electron chi connectivity index (χ2n) is 6.15. The maximum atomic E-state index is 11.9. The topological polar surface area (TPSA) is 101 Å². The lowest BCUT2D eigenvalue weighted by Crippen LogP contribution is -2.35. The maximum Gasteiger partial charge on any atom is 0.319 e. The molecule has 1 aromatic heterocycles. The molecule has 3 N–H and O–H groups in total. The van der Waals surface area contributed by atoms with E-state index in [1.54, 1.807) is 0 Å². The zero-order chi connectivity index (χ0) is 19.6. The lowest BCUT2D eigenvalue weighted by atomic mass is 10.1. The van der Waals surface area contributed by atoms with Gasteiger partial charge in [0.2, 0.25) is 0 Å². The average molecular weight is 358 g/mol. The molecule has 134 valence electrons. The summed E-state index contributed by atoms with van der Waals surface area (Å²) in [5, 5.41) is 13.4. The number of imide groups is 1. The molecule has 0 saturated carbocycles. The molecule has 0 fully saturated rings. The number of carbonyl (C=O) groups is 2. The van der Waals surface area contributed by atoms with Crippen LogP contribution in [0.15, 0.2) is 54.1 Å². The van der Waals surface area contributed by atoms with Gasteiger partial charge in [0.1, 0.15) is 11.6 Å². The van der Waals surface area contributed by atoms with Gasteiger partial charge in [-0.1, -0.05) is 36.4 Å². The minimum atomic E-state index is -0.998. The van der Waals surface area contributed by atoms with Crippen molar-refractivity contribution in [3.05, 3.63) is 71.1 Å². The first-order valence-electron chi connectivity index (χ1n) is 8.32. The van der Waals surface area contributed by atoms with Crippen molar-refractivity contribution in [2.45, 2.75) is 13.8 Å². The summed E-state index contributed by atoms with van der Waals surface area (Å²) < 4.78 is 2.08. The summed E-state index contributed by atoms with van der Waals surface area (Å²) in [6.07, 6.45) is 1.46. The fraction of sp³-hybridized carbons (Fsp3) is 0.0952. The second-order valence-corrected chi connectivity index (χ2v) is 6.15. The van der Waals surface area contributed by atoms with Crippen LogP contribution < -0.4 is 11.1 Å². The van der Waals surface area contributed by atoms with E-state index in [1.165, 1.54) is 6.08 Å². The number of aryl methyl sites for hydroxylation is 1. The molecule has 0 aliphatic heterocycles. The molecule has 0 aliphatic rings. The Labute approximate surface area is 156 Å². The van der Waals surface area contributed by atoms with Gasteiger partial charge in [0.15, 0.2) is 0 Å². The third kappa shape index (κ3) is 3.44. The molecule has 6 nitrogen and oxygen atoms in total. The van der Waals surface area contributed by atoms with Crippen molar-refractivity contribution < 1.29 is 9.59 Å². The first kappa shape index (κ1) is 18.0. The molecule has 3 amide bonds. The fourth-order valence-corrected chi connectivity index (χ4v) is 3.19. The molecule has 0 atom stereocenters. The minimum Gasteiger partial charge on any atom is -0.351 e. The van der Waals surface area contributed by atoms with Gasteiger partial charge in [-0.05, 0) is 43.0 Å². The number of amides is 3. The van der Waals surface area contributed by atoms with E-state index in [0.717, 1.165) is 33.4 Å². The van der Waals surface area contributed by atoms with Gasteiger partial charge < -0.3 is 10.3 Å². The quantitative estimate of drug-likeness (QED) is 0.554. The molecule has 6 heteroatoms. The van der Waals surface area contributed by atoms with Crippen LogP contribution in [0.1, 0.15) is 17.0 Å². The normalized spacial score (nSPS) is 11.2. The van der Waals surface area contributed by atoms with E-state index < -0.39 is 11.9 Å². The van der Waals surface area contributed by atoms with Crippen LogP contribution in [-0.2, 0) is 4.79 Å². The largest absolute Gasteiger partial charge is 0.351 e. The average Bonchev–Trinajstić information content (AvgIpc) is 2.91. The predicted octanol–water partition coefficient (Wildman–Crippen LogP) is 3.35. The van der Waals surface area contributed by atoms with Gasteiger partial charge in [-0.3, -0.25) is 10.1 Å². The standard InChI is InChI=1S/C21H18N4O2/c1-13-10-16(11-17(12-22)20(26)24-21(23)27)14(2)25(13)19-9-5-7-15-6-3-4-8-18(15)19/h3-11H,1-2H3,(H3,23,24,26,27). The summed E-state index contributed by atoms with van der Waals surface area (Å²) in [7, 11) is 0. The highest BCUT2D eigenvalue weighted by Gasteiger charge is 2.15. The molecule has 1 heterocycles. The molecule has 2 aromatic carbocycles. The van der Waals surface area contributed by atoms with Crippen LogP contribution in [0.3, 0.4) is 0 Å². The highest BCUT2D eigenvalue weighted by molar-refractivity contribution is 6.08. The smallest absolute Gasteiger partial charge is 0.319 e. The van der Waals surface area contributed by atoms with E-state index in [-0.39, 0.29) is 5.57 Å². The van der Waals surface area contributed by atoms with Crippen molar-refractivity contribution in [2.75, 3.05) is 0 Å². The number of urea groups is 1. The molecule has 0 radical (unpaired) electrons. The van der Waals surface area contributed by atoms with Gasteiger partial charge >= 0.3 is 6.03 Å². The van der Waals surface area contributed by atoms with E-state index in [0.29, 0.717) is 0 Å². The Balaban J connectivity index is 2.13. The summed E-state index contributed by atoms with van der Waals surface area (Å²) in [6, 6.07) is 16.9. The minimum absolute atomic E-state index is 0.188. The number of carbonyl (C=O) groups excluding carboxylic acids is 2. The van der Waals surface area contributed by atoms with E-state index in [4.69, 9.17) is 5.73 Å². The predicted molar refractivity (Wildman–Crippen MR) is 104 cm³/mol.